The normalized spacial score (nSPS) is 11.7. The van der Waals surface area contributed by atoms with Gasteiger partial charge in [-0.15, -0.1) is 0 Å². The van der Waals surface area contributed by atoms with Crippen molar-refractivity contribution in [2.45, 2.75) is 0 Å². The maximum Gasteiger partial charge on any atom is 0.0756 e. The van der Waals surface area contributed by atoms with Gasteiger partial charge in [-0.3, -0.25) is 4.98 Å². The molecule has 0 bridgehead atoms. The minimum Gasteiger partial charge on any atom is -0.398 e. The molecular formula is C12H9ClIN4P. The van der Waals surface area contributed by atoms with Crippen LogP contribution in [0.5, 0.6) is 0 Å². The molecule has 96 valence electrons. The molecular weight excluding hydrogens is 393 g/mol. The van der Waals surface area contributed by atoms with Gasteiger partial charge in [-0.05, 0) is 45.8 Å². The predicted molar refractivity (Wildman–Crippen MR) is 90.1 cm³/mol. The number of nitrogens with two attached hydrogens (primary N) is 1. The summed E-state index contributed by atoms with van der Waals surface area (Å²) in [6, 6.07) is 5.87. The van der Waals surface area contributed by atoms with Crippen molar-refractivity contribution in [3.63, 3.8) is 0 Å². The fourth-order valence-corrected chi connectivity index (χ4v) is 3.74. The Bertz CT molecular complexity index is 759. The lowest BCUT2D eigenvalue weighted by atomic mass is 10.0. The van der Waals surface area contributed by atoms with Crippen molar-refractivity contribution >= 4 is 56.6 Å². The maximum atomic E-state index is 6.18. The minimum atomic E-state index is 0.531. The van der Waals surface area contributed by atoms with Gasteiger partial charge in [0.1, 0.15) is 0 Å². The Balaban J connectivity index is 2.28. The first-order valence-corrected chi connectivity index (χ1v) is 9.88. The molecule has 0 saturated heterocycles. The number of anilines is 1. The Kier molecular flexibility index (Phi) is 3.60. The maximum absolute atomic E-state index is 6.18. The van der Waals surface area contributed by atoms with E-state index in [4.69, 9.17) is 17.3 Å². The van der Waals surface area contributed by atoms with Gasteiger partial charge in [0.25, 0.3) is 0 Å². The lowest BCUT2D eigenvalue weighted by molar-refractivity contribution is 1.04. The molecule has 2 N–H and O–H groups in total. The predicted octanol–water partition coefficient (Wildman–Crippen LogP) is 4.13. The third kappa shape index (κ3) is 2.30. The number of pyridine rings is 1. The molecule has 0 aliphatic carbocycles. The summed E-state index contributed by atoms with van der Waals surface area (Å²) in [4.78, 5) is 4.00. The molecule has 3 rings (SSSR count). The molecule has 0 radical (unpaired) electrons. The second-order valence-electron chi connectivity index (χ2n) is 3.99. The molecule has 4 nitrogen and oxygen atoms in total. The number of nitrogens with zero attached hydrogens (tertiary/aromatic N) is 3. The van der Waals surface area contributed by atoms with Crippen LogP contribution in [0, 0.1) is 0 Å². The van der Waals surface area contributed by atoms with Gasteiger partial charge in [-0.2, -0.15) is 5.10 Å². The number of halogens is 2. The van der Waals surface area contributed by atoms with E-state index in [1.165, 1.54) is 0 Å². The van der Waals surface area contributed by atoms with Crippen LogP contribution < -0.4 is 5.73 Å². The van der Waals surface area contributed by atoms with E-state index in [0.29, 0.717) is 17.1 Å². The summed E-state index contributed by atoms with van der Waals surface area (Å²) in [6.45, 7) is 0. The van der Waals surface area contributed by atoms with Gasteiger partial charge in [0.2, 0.25) is 0 Å². The highest BCUT2D eigenvalue weighted by molar-refractivity contribution is 14.2. The molecule has 3 aromatic rings. The topological polar surface area (TPSA) is 56.7 Å². The van der Waals surface area contributed by atoms with Crippen LogP contribution >= 0.6 is 40.0 Å². The van der Waals surface area contributed by atoms with Crippen LogP contribution in [0.15, 0.2) is 36.8 Å². The van der Waals surface area contributed by atoms with Crippen molar-refractivity contribution in [3.8, 4) is 11.1 Å². The summed E-state index contributed by atoms with van der Waals surface area (Å²) < 4.78 is 1.94. The van der Waals surface area contributed by atoms with Crippen LogP contribution in [0.1, 0.15) is 0 Å². The summed E-state index contributed by atoms with van der Waals surface area (Å²) >= 11 is 8.48. The Morgan fingerprint density at radius 2 is 2.16 bits per heavy atom. The fourth-order valence-electron chi connectivity index (χ4n) is 1.99. The monoisotopic (exact) mass is 402 g/mol. The van der Waals surface area contributed by atoms with E-state index in [-0.39, 0.29) is 0 Å². The zero-order valence-corrected chi connectivity index (χ0v) is 13.6. The lowest BCUT2D eigenvalue weighted by Crippen LogP contribution is -1.90. The standard InChI is InChI=1S/C12H9ClIN4P/c13-10-6-16-2-1-8(10)7-3-11(15)9-5-17-18(19-14)12(9)4-7/h1-6,19H,15H2. The van der Waals surface area contributed by atoms with Gasteiger partial charge in [0.05, 0.1) is 23.1 Å². The van der Waals surface area contributed by atoms with Crippen LogP contribution in [-0.4, -0.2) is 14.5 Å². The molecule has 0 fully saturated rings. The Hall–Kier alpha value is -0.910. The van der Waals surface area contributed by atoms with E-state index in [0.717, 1.165) is 22.0 Å². The van der Waals surface area contributed by atoms with Crippen LogP contribution in [-0.2, 0) is 0 Å². The average Bonchev–Trinajstić information content (AvgIpc) is 2.82. The van der Waals surface area contributed by atoms with Crippen LogP contribution in [0.4, 0.5) is 5.69 Å². The largest absolute Gasteiger partial charge is 0.398 e. The van der Waals surface area contributed by atoms with E-state index < -0.39 is 0 Å². The van der Waals surface area contributed by atoms with Crippen molar-refractivity contribution in [2.24, 2.45) is 0 Å². The first-order valence-electron chi connectivity index (χ1n) is 5.44. The van der Waals surface area contributed by atoms with E-state index in [2.05, 4.69) is 38.2 Å². The molecule has 0 spiro atoms. The van der Waals surface area contributed by atoms with Crippen LogP contribution in [0.3, 0.4) is 0 Å². The molecule has 0 aliphatic heterocycles. The Morgan fingerprint density at radius 1 is 1.32 bits per heavy atom. The molecule has 1 unspecified atom stereocenters. The second-order valence-corrected chi connectivity index (χ2v) is 6.44. The first-order chi connectivity index (χ1) is 9.20. The second kappa shape index (κ2) is 5.23. The highest BCUT2D eigenvalue weighted by Gasteiger charge is 2.10. The number of benzene rings is 1. The van der Waals surface area contributed by atoms with Gasteiger partial charge in [0.15, 0.2) is 0 Å². The number of fused-ring (bicyclic) bond motifs is 1. The fraction of sp³-hybridized carbons (Fsp3) is 0. The molecule has 1 aromatic carbocycles. The number of nitrogen functional groups attached to an aromatic ring is 1. The molecule has 0 amide bonds. The van der Waals surface area contributed by atoms with E-state index in [1.54, 1.807) is 18.6 Å². The van der Waals surface area contributed by atoms with Crippen molar-refractivity contribution < 1.29 is 0 Å². The van der Waals surface area contributed by atoms with E-state index >= 15 is 0 Å². The lowest BCUT2D eigenvalue weighted by Gasteiger charge is -2.07. The zero-order valence-electron chi connectivity index (χ0n) is 9.64. The number of rotatable bonds is 2. The van der Waals surface area contributed by atoms with Gasteiger partial charge >= 0.3 is 0 Å². The molecule has 2 heterocycles. The van der Waals surface area contributed by atoms with Gasteiger partial charge in [-0.1, -0.05) is 11.6 Å². The average molecular weight is 403 g/mol. The minimum absolute atomic E-state index is 0.531. The summed E-state index contributed by atoms with van der Waals surface area (Å²) in [5.41, 5.74) is 9.74. The first kappa shape index (κ1) is 13.1. The molecule has 7 heteroatoms. The molecule has 0 aliphatic rings. The molecule has 19 heavy (non-hydrogen) atoms. The quantitative estimate of drug-likeness (QED) is 0.398. The Morgan fingerprint density at radius 3 is 2.89 bits per heavy atom. The summed E-state index contributed by atoms with van der Waals surface area (Å²) in [5.74, 6) is 0. The number of aromatic nitrogens is 3. The van der Waals surface area contributed by atoms with Crippen LogP contribution in [0.25, 0.3) is 22.0 Å². The highest BCUT2D eigenvalue weighted by atomic mass is 127. The van der Waals surface area contributed by atoms with Gasteiger partial charge in [-0.25, -0.2) is 4.45 Å². The van der Waals surface area contributed by atoms with Gasteiger partial charge < -0.3 is 5.73 Å². The van der Waals surface area contributed by atoms with Crippen molar-refractivity contribution in [1.82, 2.24) is 14.5 Å². The molecule has 2 aromatic heterocycles. The zero-order chi connectivity index (χ0) is 13.4. The smallest absolute Gasteiger partial charge is 0.0756 e. The summed E-state index contributed by atoms with van der Waals surface area (Å²) in [5, 5.41) is 5.91. The number of hydrogen-bond donors (Lipinski definition) is 1. The summed E-state index contributed by atoms with van der Waals surface area (Å²) in [6.07, 6.45) is 5.69. The summed E-state index contributed by atoms with van der Waals surface area (Å²) in [7, 11) is 0. The molecule has 0 saturated carbocycles. The molecule has 1 atom stereocenters. The third-order valence-corrected chi connectivity index (χ3v) is 5.07. The highest BCUT2D eigenvalue weighted by Crippen LogP contribution is 2.35. The van der Waals surface area contributed by atoms with Crippen LogP contribution in [0.2, 0.25) is 5.02 Å². The van der Waals surface area contributed by atoms with E-state index in [1.807, 2.05) is 16.6 Å². The van der Waals surface area contributed by atoms with E-state index in [9.17, 15) is 0 Å². The SMILES string of the molecule is Nc1cc(-c2ccncc2Cl)cc2c1cnn2PI. The van der Waals surface area contributed by atoms with Crippen molar-refractivity contribution in [3.05, 3.63) is 41.8 Å². The Labute approximate surface area is 129 Å². The van der Waals surface area contributed by atoms with Gasteiger partial charge in [0, 0.05) is 29.0 Å². The third-order valence-electron chi connectivity index (χ3n) is 2.88. The van der Waals surface area contributed by atoms with Crippen molar-refractivity contribution in [1.29, 1.82) is 0 Å². The van der Waals surface area contributed by atoms with Crippen molar-refractivity contribution in [2.75, 3.05) is 5.73 Å². The number of hydrogen-bond acceptors (Lipinski definition) is 3.